The lowest BCUT2D eigenvalue weighted by Gasteiger charge is -2.32. The van der Waals surface area contributed by atoms with Crippen LogP contribution in [0.2, 0.25) is 0 Å². The van der Waals surface area contributed by atoms with E-state index in [9.17, 15) is 0 Å². The molecular formula is C17H23BN2O3. The van der Waals surface area contributed by atoms with Gasteiger partial charge in [0.2, 0.25) is 0 Å². The van der Waals surface area contributed by atoms with Gasteiger partial charge in [0.25, 0.3) is 0 Å². The van der Waals surface area contributed by atoms with Crippen molar-refractivity contribution >= 4 is 12.6 Å². The van der Waals surface area contributed by atoms with E-state index in [1.165, 1.54) is 0 Å². The summed E-state index contributed by atoms with van der Waals surface area (Å²) in [6, 6.07) is 5.93. The monoisotopic (exact) mass is 314 g/mol. The molecule has 0 bridgehead atoms. The second kappa shape index (κ2) is 5.39. The van der Waals surface area contributed by atoms with Gasteiger partial charge in [0.1, 0.15) is 5.75 Å². The summed E-state index contributed by atoms with van der Waals surface area (Å²) in [6.45, 7) is 10.2. The van der Waals surface area contributed by atoms with E-state index >= 15 is 0 Å². The molecule has 0 atom stereocenters. The van der Waals surface area contributed by atoms with Gasteiger partial charge < -0.3 is 14.0 Å². The normalized spacial score (nSPS) is 19.1. The molecule has 122 valence electrons. The van der Waals surface area contributed by atoms with Crippen LogP contribution in [0.25, 0.3) is 5.69 Å². The summed E-state index contributed by atoms with van der Waals surface area (Å²) in [6.07, 6.45) is 3.80. The van der Waals surface area contributed by atoms with Gasteiger partial charge in [-0.25, -0.2) is 4.68 Å². The maximum atomic E-state index is 6.12. The van der Waals surface area contributed by atoms with Gasteiger partial charge in [-0.1, -0.05) is 6.07 Å². The molecular weight excluding hydrogens is 291 g/mol. The molecule has 0 spiro atoms. The third-order valence-corrected chi connectivity index (χ3v) is 4.70. The minimum absolute atomic E-state index is 0.375. The van der Waals surface area contributed by atoms with Crippen LogP contribution in [0.15, 0.2) is 30.6 Å². The van der Waals surface area contributed by atoms with E-state index in [0.29, 0.717) is 0 Å². The number of rotatable bonds is 3. The average Bonchev–Trinajstić information content (AvgIpc) is 3.00. The number of nitrogens with zero attached hydrogens (tertiary/aromatic N) is 2. The molecule has 1 saturated heterocycles. The van der Waals surface area contributed by atoms with Crippen molar-refractivity contribution in [3.05, 3.63) is 36.2 Å². The van der Waals surface area contributed by atoms with Gasteiger partial charge in [-0.15, -0.1) is 0 Å². The summed E-state index contributed by atoms with van der Waals surface area (Å²) in [5.41, 5.74) is 2.19. The molecule has 1 fully saturated rings. The highest BCUT2D eigenvalue weighted by atomic mass is 16.7. The molecule has 1 aliphatic rings. The number of ether oxygens (including phenoxy) is 1. The van der Waals surface area contributed by atoms with Crippen LogP contribution in [0, 0.1) is 6.92 Å². The van der Waals surface area contributed by atoms with Crippen molar-refractivity contribution in [3.8, 4) is 11.4 Å². The third kappa shape index (κ3) is 2.77. The number of hydrogen-bond donors (Lipinski definition) is 0. The SMILES string of the molecule is COc1cc(-n2cc(C)cn2)ccc1B1OC(C)(C)C(C)(C)O1. The Morgan fingerprint density at radius 2 is 1.78 bits per heavy atom. The summed E-state index contributed by atoms with van der Waals surface area (Å²) < 4.78 is 19.6. The van der Waals surface area contributed by atoms with Crippen molar-refractivity contribution in [2.24, 2.45) is 0 Å². The Balaban J connectivity index is 1.95. The summed E-state index contributed by atoms with van der Waals surface area (Å²) in [5, 5.41) is 4.33. The highest BCUT2D eigenvalue weighted by molar-refractivity contribution is 6.63. The van der Waals surface area contributed by atoms with Crippen LogP contribution in [0.4, 0.5) is 0 Å². The molecule has 6 heteroatoms. The Morgan fingerprint density at radius 1 is 1.13 bits per heavy atom. The molecule has 23 heavy (non-hydrogen) atoms. The van der Waals surface area contributed by atoms with Crippen LogP contribution in [-0.4, -0.2) is 35.2 Å². The van der Waals surface area contributed by atoms with Crippen LogP contribution in [-0.2, 0) is 9.31 Å². The van der Waals surface area contributed by atoms with Gasteiger partial charge in [0, 0.05) is 17.7 Å². The Bertz CT molecular complexity index is 708. The fraction of sp³-hybridized carbons (Fsp3) is 0.471. The molecule has 0 saturated carbocycles. The average molecular weight is 314 g/mol. The first-order chi connectivity index (χ1) is 10.7. The smallest absolute Gasteiger partial charge is 0.497 e. The lowest BCUT2D eigenvalue weighted by atomic mass is 9.78. The fourth-order valence-corrected chi connectivity index (χ4v) is 2.56. The molecule has 0 N–H and O–H groups in total. The molecule has 5 nitrogen and oxygen atoms in total. The standard InChI is InChI=1S/C17H23BN2O3/c1-12-10-19-20(11-12)13-7-8-14(15(9-13)21-6)18-22-16(2,3)17(4,5)23-18/h7-11H,1-6H3. The molecule has 0 amide bonds. The summed E-state index contributed by atoms with van der Waals surface area (Å²) in [4.78, 5) is 0. The summed E-state index contributed by atoms with van der Waals surface area (Å²) >= 11 is 0. The van der Waals surface area contributed by atoms with Gasteiger partial charge in [-0.3, -0.25) is 0 Å². The van der Waals surface area contributed by atoms with Gasteiger partial charge in [0.15, 0.2) is 0 Å². The van der Waals surface area contributed by atoms with Gasteiger partial charge in [-0.05, 0) is 46.2 Å². The second-order valence-electron chi connectivity index (χ2n) is 6.98. The molecule has 1 aromatic heterocycles. The first kappa shape index (κ1) is 16.1. The molecule has 2 aromatic rings. The Labute approximate surface area is 137 Å². The Morgan fingerprint density at radius 3 is 2.30 bits per heavy atom. The largest absolute Gasteiger partial charge is 0.498 e. The fourth-order valence-electron chi connectivity index (χ4n) is 2.56. The van der Waals surface area contributed by atoms with Crippen LogP contribution < -0.4 is 10.2 Å². The number of hydrogen-bond acceptors (Lipinski definition) is 4. The van der Waals surface area contributed by atoms with Crippen molar-refractivity contribution in [2.45, 2.75) is 45.8 Å². The lowest BCUT2D eigenvalue weighted by Crippen LogP contribution is -2.41. The van der Waals surface area contributed by atoms with Crippen molar-refractivity contribution in [1.82, 2.24) is 9.78 Å². The molecule has 1 aromatic carbocycles. The second-order valence-corrected chi connectivity index (χ2v) is 6.98. The number of benzene rings is 1. The molecule has 0 radical (unpaired) electrons. The Hall–Kier alpha value is -1.79. The van der Waals surface area contributed by atoms with E-state index in [-0.39, 0.29) is 11.2 Å². The van der Waals surface area contributed by atoms with Gasteiger partial charge in [0.05, 0.1) is 30.2 Å². The van der Waals surface area contributed by atoms with Gasteiger partial charge >= 0.3 is 7.12 Å². The van der Waals surface area contributed by atoms with E-state index in [1.807, 2.05) is 69.9 Å². The zero-order chi connectivity index (χ0) is 16.8. The maximum absolute atomic E-state index is 6.12. The Kier molecular flexibility index (Phi) is 3.77. The van der Waals surface area contributed by atoms with Crippen molar-refractivity contribution in [3.63, 3.8) is 0 Å². The first-order valence-electron chi connectivity index (χ1n) is 7.79. The van der Waals surface area contributed by atoms with Gasteiger partial charge in [-0.2, -0.15) is 5.10 Å². The van der Waals surface area contributed by atoms with E-state index in [4.69, 9.17) is 14.0 Å². The minimum Gasteiger partial charge on any atom is -0.497 e. The summed E-state index contributed by atoms with van der Waals surface area (Å²) in [7, 11) is 1.21. The first-order valence-corrected chi connectivity index (χ1v) is 7.79. The molecule has 0 unspecified atom stereocenters. The highest BCUT2D eigenvalue weighted by Gasteiger charge is 2.52. The van der Waals surface area contributed by atoms with Crippen molar-refractivity contribution in [2.75, 3.05) is 7.11 Å². The van der Waals surface area contributed by atoms with Crippen molar-refractivity contribution in [1.29, 1.82) is 0 Å². The van der Waals surface area contributed by atoms with Crippen molar-refractivity contribution < 1.29 is 14.0 Å². The number of aromatic nitrogens is 2. The van der Waals surface area contributed by atoms with Crippen LogP contribution in [0.3, 0.4) is 0 Å². The molecule has 1 aliphatic heterocycles. The summed E-state index contributed by atoms with van der Waals surface area (Å²) in [5.74, 6) is 0.731. The zero-order valence-corrected chi connectivity index (χ0v) is 14.6. The highest BCUT2D eigenvalue weighted by Crippen LogP contribution is 2.37. The topological polar surface area (TPSA) is 45.5 Å². The quantitative estimate of drug-likeness (QED) is 0.817. The molecule has 3 rings (SSSR count). The third-order valence-electron chi connectivity index (χ3n) is 4.70. The predicted octanol–water partition coefficient (Wildman–Crippen LogP) is 2.49. The lowest BCUT2D eigenvalue weighted by molar-refractivity contribution is 0.00578. The van der Waals surface area contributed by atoms with Crippen LogP contribution >= 0.6 is 0 Å². The van der Waals surface area contributed by atoms with Crippen LogP contribution in [0.1, 0.15) is 33.3 Å². The van der Waals surface area contributed by atoms with E-state index in [2.05, 4.69) is 5.10 Å². The van der Waals surface area contributed by atoms with E-state index in [0.717, 1.165) is 22.5 Å². The maximum Gasteiger partial charge on any atom is 0.498 e. The number of aryl methyl sites for hydroxylation is 1. The van der Waals surface area contributed by atoms with E-state index < -0.39 is 7.12 Å². The molecule has 0 aliphatic carbocycles. The minimum atomic E-state index is -0.441. The zero-order valence-electron chi connectivity index (χ0n) is 14.6. The molecule has 2 heterocycles. The number of methoxy groups -OCH3 is 1. The predicted molar refractivity (Wildman–Crippen MR) is 90.6 cm³/mol. The van der Waals surface area contributed by atoms with Crippen LogP contribution in [0.5, 0.6) is 5.75 Å². The van der Waals surface area contributed by atoms with E-state index in [1.54, 1.807) is 7.11 Å².